The van der Waals surface area contributed by atoms with Crippen molar-refractivity contribution in [2.24, 2.45) is 5.92 Å². The molecule has 0 atom stereocenters. The molecule has 0 spiro atoms. The quantitative estimate of drug-likeness (QED) is 0.783. The van der Waals surface area contributed by atoms with Gasteiger partial charge < -0.3 is 0 Å². The summed E-state index contributed by atoms with van der Waals surface area (Å²) in [5.41, 5.74) is 0.729. The van der Waals surface area contributed by atoms with Crippen molar-refractivity contribution in [1.29, 1.82) is 0 Å². The molecule has 1 nitrogen and oxygen atoms in total. The van der Waals surface area contributed by atoms with Crippen molar-refractivity contribution in [1.82, 2.24) is 0 Å². The number of hydrogen-bond donors (Lipinski definition) is 0. The maximum Gasteiger partial charge on any atom is 0.137 e. The number of carbonyl (C=O) groups is 1. The molecular formula is C13H14ClFO. The third-order valence-electron chi connectivity index (χ3n) is 3.14. The molecule has 0 aromatic heterocycles. The topological polar surface area (TPSA) is 17.1 Å². The highest BCUT2D eigenvalue weighted by molar-refractivity contribution is 6.31. The van der Waals surface area contributed by atoms with Crippen LogP contribution in [0.25, 0.3) is 0 Å². The molecule has 1 aromatic carbocycles. The Morgan fingerprint density at radius 3 is 2.75 bits per heavy atom. The Morgan fingerprint density at radius 2 is 2.19 bits per heavy atom. The van der Waals surface area contributed by atoms with Crippen LogP contribution in [0.3, 0.4) is 0 Å². The summed E-state index contributed by atoms with van der Waals surface area (Å²) in [6, 6.07) is 4.20. The van der Waals surface area contributed by atoms with Gasteiger partial charge in [0.05, 0.1) is 0 Å². The third-order valence-corrected chi connectivity index (χ3v) is 3.50. The fraction of sp³-hybridized carbons (Fsp3) is 0.462. The number of halogens is 2. The molecule has 0 aliphatic heterocycles. The van der Waals surface area contributed by atoms with Crippen LogP contribution in [0.4, 0.5) is 4.39 Å². The second-order valence-electron chi connectivity index (χ2n) is 4.45. The molecule has 3 heteroatoms. The van der Waals surface area contributed by atoms with Gasteiger partial charge >= 0.3 is 0 Å². The molecule has 0 amide bonds. The molecule has 0 N–H and O–H groups in total. The minimum absolute atomic E-state index is 0.207. The van der Waals surface area contributed by atoms with E-state index in [1.165, 1.54) is 31.4 Å². The van der Waals surface area contributed by atoms with Crippen LogP contribution >= 0.6 is 11.6 Å². The van der Waals surface area contributed by atoms with Crippen molar-refractivity contribution in [3.05, 3.63) is 34.6 Å². The number of carbonyl (C=O) groups excluding carboxylic acids is 1. The molecule has 86 valence electrons. The normalized spacial score (nSPS) is 15.9. The van der Waals surface area contributed by atoms with Gasteiger partial charge in [-0.1, -0.05) is 36.9 Å². The molecule has 0 unspecified atom stereocenters. The van der Waals surface area contributed by atoms with Crippen molar-refractivity contribution in [3.63, 3.8) is 0 Å². The first-order valence-electron chi connectivity index (χ1n) is 5.61. The summed E-state index contributed by atoms with van der Waals surface area (Å²) in [5, 5.41) is 0.349. The Hall–Kier alpha value is -0.890. The first-order chi connectivity index (χ1) is 7.65. The molecule has 1 saturated carbocycles. The summed E-state index contributed by atoms with van der Waals surface area (Å²) in [6.45, 7) is 0. The number of Topliss-reactive ketones (excluding diaryl/α,β-unsaturated/α-hetero) is 1. The van der Waals surface area contributed by atoms with Gasteiger partial charge in [-0.15, -0.1) is 0 Å². The molecule has 0 radical (unpaired) electrons. The largest absolute Gasteiger partial charge is 0.299 e. The second kappa shape index (κ2) is 4.96. The summed E-state index contributed by atoms with van der Waals surface area (Å²) in [5.74, 6) is 0.421. The van der Waals surface area contributed by atoms with Crippen LogP contribution in [0.15, 0.2) is 18.2 Å². The zero-order valence-electron chi connectivity index (χ0n) is 9.01. The maximum absolute atomic E-state index is 12.8. The number of benzene rings is 1. The number of rotatable bonds is 4. The predicted octanol–water partition coefficient (Wildman–Crippen LogP) is 3.78. The summed E-state index contributed by atoms with van der Waals surface area (Å²) >= 11 is 5.87. The lowest BCUT2D eigenvalue weighted by molar-refractivity contribution is -0.119. The highest BCUT2D eigenvalue weighted by atomic mass is 35.5. The maximum atomic E-state index is 12.8. The van der Waals surface area contributed by atoms with Crippen LogP contribution in [0, 0.1) is 11.7 Å². The standard InChI is InChI=1S/C13H14ClFO/c14-13-8-11(15)5-4-10(13)7-12(16)6-9-2-1-3-9/h4-5,8-9H,1-3,6-7H2. The monoisotopic (exact) mass is 240 g/mol. The fourth-order valence-corrected chi connectivity index (χ4v) is 2.20. The molecule has 1 fully saturated rings. The fourth-order valence-electron chi connectivity index (χ4n) is 1.97. The highest BCUT2D eigenvalue weighted by Gasteiger charge is 2.20. The Bertz CT molecular complexity index is 399. The van der Waals surface area contributed by atoms with Gasteiger partial charge in [0.1, 0.15) is 11.6 Å². The van der Waals surface area contributed by atoms with E-state index in [2.05, 4.69) is 0 Å². The number of hydrogen-bond acceptors (Lipinski definition) is 1. The lowest BCUT2D eigenvalue weighted by Gasteiger charge is -2.24. The lowest BCUT2D eigenvalue weighted by atomic mass is 9.81. The predicted molar refractivity (Wildman–Crippen MR) is 62.1 cm³/mol. The summed E-state index contributed by atoms with van der Waals surface area (Å²) in [6.07, 6.45) is 4.56. The molecule has 0 heterocycles. The SMILES string of the molecule is O=C(Cc1ccc(F)cc1Cl)CC1CCC1. The Balaban J connectivity index is 1.94. The van der Waals surface area contributed by atoms with Gasteiger partial charge in [-0.2, -0.15) is 0 Å². The van der Waals surface area contributed by atoms with Crippen LogP contribution in [0.5, 0.6) is 0 Å². The molecule has 2 rings (SSSR count). The molecule has 1 aliphatic carbocycles. The third kappa shape index (κ3) is 2.82. The average molecular weight is 241 g/mol. The smallest absolute Gasteiger partial charge is 0.137 e. The zero-order valence-corrected chi connectivity index (χ0v) is 9.77. The Morgan fingerprint density at radius 1 is 1.44 bits per heavy atom. The summed E-state index contributed by atoms with van der Waals surface area (Å²) in [7, 11) is 0. The first kappa shape index (κ1) is 11.6. The molecular weight excluding hydrogens is 227 g/mol. The zero-order chi connectivity index (χ0) is 11.5. The van der Waals surface area contributed by atoms with Crippen LogP contribution in [-0.4, -0.2) is 5.78 Å². The number of ketones is 1. The van der Waals surface area contributed by atoms with E-state index in [1.54, 1.807) is 6.07 Å². The van der Waals surface area contributed by atoms with E-state index in [1.807, 2.05) is 0 Å². The van der Waals surface area contributed by atoms with E-state index in [4.69, 9.17) is 11.6 Å². The molecule has 1 aromatic rings. The molecule has 16 heavy (non-hydrogen) atoms. The molecule has 0 saturated heterocycles. The average Bonchev–Trinajstić information content (AvgIpc) is 2.16. The summed E-state index contributed by atoms with van der Waals surface area (Å²) in [4.78, 5) is 11.7. The van der Waals surface area contributed by atoms with Crippen molar-refractivity contribution in [2.45, 2.75) is 32.1 Å². The summed E-state index contributed by atoms with van der Waals surface area (Å²) < 4.78 is 12.8. The first-order valence-corrected chi connectivity index (χ1v) is 5.98. The van der Waals surface area contributed by atoms with Gasteiger partial charge in [0.25, 0.3) is 0 Å². The van der Waals surface area contributed by atoms with E-state index in [0.29, 0.717) is 23.8 Å². The van der Waals surface area contributed by atoms with E-state index in [0.717, 1.165) is 5.56 Å². The second-order valence-corrected chi connectivity index (χ2v) is 4.86. The van der Waals surface area contributed by atoms with E-state index in [-0.39, 0.29) is 11.6 Å². The van der Waals surface area contributed by atoms with Crippen LogP contribution in [0.1, 0.15) is 31.2 Å². The van der Waals surface area contributed by atoms with E-state index in [9.17, 15) is 9.18 Å². The van der Waals surface area contributed by atoms with Gasteiger partial charge in [0.2, 0.25) is 0 Å². The van der Waals surface area contributed by atoms with Gasteiger partial charge in [0, 0.05) is 17.9 Å². The Kier molecular flexibility index (Phi) is 3.59. The minimum atomic E-state index is -0.361. The molecule has 0 bridgehead atoms. The van der Waals surface area contributed by atoms with Gasteiger partial charge in [-0.25, -0.2) is 4.39 Å². The van der Waals surface area contributed by atoms with E-state index < -0.39 is 0 Å². The van der Waals surface area contributed by atoms with Crippen molar-refractivity contribution < 1.29 is 9.18 Å². The van der Waals surface area contributed by atoms with E-state index >= 15 is 0 Å². The van der Waals surface area contributed by atoms with Crippen LogP contribution < -0.4 is 0 Å². The van der Waals surface area contributed by atoms with Crippen molar-refractivity contribution >= 4 is 17.4 Å². The van der Waals surface area contributed by atoms with Gasteiger partial charge in [0.15, 0.2) is 0 Å². The minimum Gasteiger partial charge on any atom is -0.299 e. The molecule has 1 aliphatic rings. The Labute approximate surface area is 99.6 Å². The highest BCUT2D eigenvalue weighted by Crippen LogP contribution is 2.30. The lowest BCUT2D eigenvalue weighted by Crippen LogP contribution is -2.17. The van der Waals surface area contributed by atoms with Crippen molar-refractivity contribution in [2.75, 3.05) is 0 Å². The van der Waals surface area contributed by atoms with Gasteiger partial charge in [-0.05, 0) is 23.6 Å². The van der Waals surface area contributed by atoms with Crippen LogP contribution in [0.2, 0.25) is 5.02 Å². The van der Waals surface area contributed by atoms with Gasteiger partial charge in [-0.3, -0.25) is 4.79 Å². The van der Waals surface area contributed by atoms with Crippen LogP contribution in [-0.2, 0) is 11.2 Å². The van der Waals surface area contributed by atoms with Crippen molar-refractivity contribution in [3.8, 4) is 0 Å².